The van der Waals surface area contributed by atoms with Crippen LogP contribution >= 0.6 is 0 Å². The molecule has 1 unspecified atom stereocenters. The lowest BCUT2D eigenvalue weighted by Crippen LogP contribution is -2.42. The number of carbonyl (C=O) groups is 2. The fourth-order valence-electron chi connectivity index (χ4n) is 1.44. The molecule has 0 saturated carbocycles. The predicted octanol–water partition coefficient (Wildman–Crippen LogP) is 1.59. The molecule has 0 aromatic rings. The molecular formula is C13H22O5. The molecule has 5 heteroatoms. The Balaban J connectivity index is 4.73. The Labute approximate surface area is 108 Å². The van der Waals surface area contributed by atoms with Gasteiger partial charge in [0, 0.05) is 0 Å². The van der Waals surface area contributed by atoms with Gasteiger partial charge in [-0.15, -0.1) is 0 Å². The average molecular weight is 258 g/mol. The highest BCUT2D eigenvalue weighted by atomic mass is 16.6. The Morgan fingerprint density at radius 1 is 1.33 bits per heavy atom. The summed E-state index contributed by atoms with van der Waals surface area (Å²) in [6.45, 7) is 5.64. The normalized spacial score (nSPS) is 13.4. The third-order valence-electron chi connectivity index (χ3n) is 2.43. The van der Waals surface area contributed by atoms with Crippen LogP contribution in [0.25, 0.3) is 0 Å². The maximum absolute atomic E-state index is 11.7. The zero-order chi connectivity index (χ0) is 14.2. The van der Waals surface area contributed by atoms with Crippen LogP contribution in [0.5, 0.6) is 0 Å². The van der Waals surface area contributed by atoms with Crippen molar-refractivity contribution in [2.75, 3.05) is 13.7 Å². The molecule has 0 aromatic heterocycles. The largest absolute Gasteiger partial charge is 0.469 e. The molecule has 0 heterocycles. The highest BCUT2D eigenvalue weighted by molar-refractivity contribution is 5.85. The summed E-state index contributed by atoms with van der Waals surface area (Å²) in [5, 5.41) is 10.2. The molecule has 0 radical (unpaired) electrons. The summed E-state index contributed by atoms with van der Waals surface area (Å²) < 4.78 is 9.27. The summed E-state index contributed by atoms with van der Waals surface area (Å²) in [5.41, 5.74) is -0.728. The van der Waals surface area contributed by atoms with Gasteiger partial charge in [0.1, 0.15) is 0 Å². The summed E-state index contributed by atoms with van der Waals surface area (Å²) in [4.78, 5) is 22.9. The molecule has 0 aliphatic heterocycles. The predicted molar refractivity (Wildman–Crippen MR) is 66.9 cm³/mol. The fourth-order valence-corrected chi connectivity index (χ4v) is 1.44. The number of ether oxygens (including phenoxy) is 2. The Morgan fingerprint density at radius 3 is 2.39 bits per heavy atom. The van der Waals surface area contributed by atoms with Crippen molar-refractivity contribution in [1.82, 2.24) is 0 Å². The van der Waals surface area contributed by atoms with E-state index < -0.39 is 17.5 Å². The van der Waals surface area contributed by atoms with Crippen LogP contribution in [-0.2, 0) is 19.1 Å². The van der Waals surface area contributed by atoms with Gasteiger partial charge < -0.3 is 14.6 Å². The average Bonchev–Trinajstić information content (AvgIpc) is 2.28. The second-order valence-corrected chi connectivity index (χ2v) is 4.33. The summed E-state index contributed by atoms with van der Waals surface area (Å²) in [6.07, 6.45) is 2.13. The van der Waals surface area contributed by atoms with Crippen molar-refractivity contribution in [3.05, 3.63) is 11.6 Å². The first-order valence-electron chi connectivity index (χ1n) is 5.95. The molecule has 0 rings (SSSR count). The molecule has 1 N–H and O–H groups in total. The lowest BCUT2D eigenvalue weighted by atomic mass is 9.93. The first-order valence-corrected chi connectivity index (χ1v) is 5.95. The highest BCUT2D eigenvalue weighted by Gasteiger charge is 2.39. The zero-order valence-corrected chi connectivity index (χ0v) is 11.5. The molecule has 5 nitrogen and oxygen atoms in total. The number of hydrogen-bond donors (Lipinski definition) is 1. The lowest BCUT2D eigenvalue weighted by Gasteiger charge is -2.24. The van der Waals surface area contributed by atoms with Gasteiger partial charge in [-0.3, -0.25) is 4.79 Å². The van der Waals surface area contributed by atoms with E-state index in [-0.39, 0.29) is 19.4 Å². The molecule has 0 bridgehead atoms. The van der Waals surface area contributed by atoms with Gasteiger partial charge >= 0.3 is 11.9 Å². The monoisotopic (exact) mass is 258 g/mol. The van der Waals surface area contributed by atoms with Gasteiger partial charge in [-0.2, -0.15) is 0 Å². The number of carbonyl (C=O) groups excluding carboxylic acids is 2. The summed E-state index contributed by atoms with van der Waals surface area (Å²) in [5.74, 6) is -1.42. The third-order valence-corrected chi connectivity index (χ3v) is 2.43. The summed E-state index contributed by atoms with van der Waals surface area (Å²) >= 11 is 0. The first-order chi connectivity index (χ1) is 8.35. The highest BCUT2D eigenvalue weighted by Crippen LogP contribution is 2.21. The minimum Gasteiger partial charge on any atom is -0.469 e. The van der Waals surface area contributed by atoms with Gasteiger partial charge in [-0.05, 0) is 33.6 Å². The Hall–Kier alpha value is -1.36. The van der Waals surface area contributed by atoms with Gasteiger partial charge in [0.15, 0.2) is 5.60 Å². The van der Waals surface area contributed by atoms with Gasteiger partial charge in [-0.25, -0.2) is 4.79 Å². The number of esters is 2. The van der Waals surface area contributed by atoms with E-state index in [0.717, 1.165) is 5.57 Å². The SMILES string of the molecule is CCOC(=O)C(O)(CCC=C(C)C)CC(=O)OC. The molecule has 0 aliphatic carbocycles. The third kappa shape index (κ3) is 5.82. The van der Waals surface area contributed by atoms with Crippen LogP contribution in [0.3, 0.4) is 0 Å². The van der Waals surface area contributed by atoms with E-state index in [1.165, 1.54) is 7.11 Å². The first kappa shape index (κ1) is 16.6. The Morgan fingerprint density at radius 2 is 1.94 bits per heavy atom. The minimum atomic E-state index is -1.81. The van der Waals surface area contributed by atoms with Crippen LogP contribution in [0, 0.1) is 0 Å². The van der Waals surface area contributed by atoms with Crippen LogP contribution in [0.4, 0.5) is 0 Å². The van der Waals surface area contributed by atoms with E-state index in [2.05, 4.69) is 4.74 Å². The number of aliphatic hydroxyl groups is 1. The lowest BCUT2D eigenvalue weighted by molar-refractivity contribution is -0.172. The maximum atomic E-state index is 11.7. The van der Waals surface area contributed by atoms with Crippen molar-refractivity contribution < 1.29 is 24.2 Å². The standard InChI is InChI=1S/C13H22O5/c1-5-18-12(15)13(16,9-11(14)17-4)8-6-7-10(2)3/h7,16H,5-6,8-9H2,1-4H3. The van der Waals surface area contributed by atoms with Crippen molar-refractivity contribution in [3.8, 4) is 0 Å². The van der Waals surface area contributed by atoms with E-state index in [4.69, 9.17) is 4.74 Å². The van der Waals surface area contributed by atoms with E-state index in [1.54, 1.807) is 6.92 Å². The van der Waals surface area contributed by atoms with Crippen molar-refractivity contribution in [2.45, 2.75) is 45.6 Å². The molecule has 0 amide bonds. The van der Waals surface area contributed by atoms with E-state index in [9.17, 15) is 14.7 Å². The van der Waals surface area contributed by atoms with Crippen molar-refractivity contribution >= 4 is 11.9 Å². The second-order valence-electron chi connectivity index (χ2n) is 4.33. The molecule has 0 spiro atoms. The van der Waals surface area contributed by atoms with E-state index in [1.807, 2.05) is 19.9 Å². The van der Waals surface area contributed by atoms with Crippen LogP contribution in [-0.4, -0.2) is 36.4 Å². The van der Waals surface area contributed by atoms with Crippen LogP contribution in [0.15, 0.2) is 11.6 Å². The van der Waals surface area contributed by atoms with Crippen molar-refractivity contribution in [3.63, 3.8) is 0 Å². The van der Waals surface area contributed by atoms with Crippen LogP contribution in [0.1, 0.15) is 40.0 Å². The molecule has 104 valence electrons. The molecule has 0 saturated heterocycles. The number of methoxy groups -OCH3 is 1. The van der Waals surface area contributed by atoms with Crippen molar-refractivity contribution in [2.24, 2.45) is 0 Å². The number of rotatable bonds is 7. The quantitative estimate of drug-likeness (QED) is 0.554. The molecular weight excluding hydrogens is 236 g/mol. The summed E-state index contributed by atoms with van der Waals surface area (Å²) in [7, 11) is 1.21. The van der Waals surface area contributed by atoms with Gasteiger partial charge in [-0.1, -0.05) is 11.6 Å². The molecule has 1 atom stereocenters. The van der Waals surface area contributed by atoms with Crippen molar-refractivity contribution in [1.29, 1.82) is 0 Å². The Kier molecular flexibility index (Phi) is 7.27. The molecule has 0 aliphatic rings. The number of hydrogen-bond acceptors (Lipinski definition) is 5. The van der Waals surface area contributed by atoms with Gasteiger partial charge in [0.25, 0.3) is 0 Å². The van der Waals surface area contributed by atoms with E-state index in [0.29, 0.717) is 6.42 Å². The zero-order valence-electron chi connectivity index (χ0n) is 11.5. The van der Waals surface area contributed by atoms with Gasteiger partial charge in [0.05, 0.1) is 20.1 Å². The topological polar surface area (TPSA) is 72.8 Å². The minimum absolute atomic E-state index is 0.131. The number of allylic oxidation sites excluding steroid dienone is 2. The molecule has 0 aromatic carbocycles. The smallest absolute Gasteiger partial charge is 0.338 e. The molecule has 18 heavy (non-hydrogen) atoms. The van der Waals surface area contributed by atoms with Crippen LogP contribution < -0.4 is 0 Å². The van der Waals surface area contributed by atoms with E-state index >= 15 is 0 Å². The molecule has 0 fully saturated rings. The maximum Gasteiger partial charge on any atom is 0.338 e. The Bertz CT molecular complexity index is 317. The second kappa shape index (κ2) is 7.87. The van der Waals surface area contributed by atoms with Gasteiger partial charge in [0.2, 0.25) is 0 Å². The van der Waals surface area contributed by atoms with Crippen LogP contribution in [0.2, 0.25) is 0 Å². The fraction of sp³-hybridized carbons (Fsp3) is 0.692. The summed E-state index contributed by atoms with van der Waals surface area (Å²) in [6, 6.07) is 0.